The molecule has 3 aromatic rings. The minimum Gasteiger partial charge on any atom is -1.00 e. The predicted octanol–water partition coefficient (Wildman–Crippen LogP) is -1.86. The molecule has 0 bridgehead atoms. The molecule has 0 aromatic heterocycles. The monoisotopic (exact) mass is 516 g/mol. The van der Waals surface area contributed by atoms with Gasteiger partial charge >= 0.3 is 21.7 Å². The fourth-order valence-corrected chi connectivity index (χ4v) is 4.55. The molecule has 0 N–H and O–H groups in total. The fourth-order valence-electron chi connectivity index (χ4n) is 4.55. The van der Waals surface area contributed by atoms with Crippen molar-refractivity contribution >= 4 is 0 Å². The van der Waals surface area contributed by atoms with Crippen LogP contribution in [0.5, 0.6) is 0 Å². The maximum Gasteiger partial charge on any atom is 4.00 e. The Bertz CT molecular complexity index is 886. The molecular weight excluding hydrogens is 491 g/mol. The van der Waals surface area contributed by atoms with Crippen molar-refractivity contribution in [2.24, 2.45) is 5.92 Å². The molecule has 0 radical (unpaired) electrons. The van der Waals surface area contributed by atoms with Crippen LogP contribution in [0.25, 0.3) is 0 Å². The second kappa shape index (κ2) is 14.1. The van der Waals surface area contributed by atoms with Gasteiger partial charge in [-0.25, -0.2) is 5.57 Å². The summed E-state index contributed by atoms with van der Waals surface area (Å²) in [6.07, 6.45) is 7.91. The zero-order valence-electron chi connectivity index (χ0n) is 18.4. The van der Waals surface area contributed by atoms with E-state index in [9.17, 15) is 0 Å². The third kappa shape index (κ3) is 5.61. The Hall–Kier alpha value is -1.28. The Kier molecular flexibility index (Phi) is 13.5. The zero-order valence-corrected chi connectivity index (χ0v) is 22.2. The van der Waals surface area contributed by atoms with E-state index in [2.05, 4.69) is 117 Å². The van der Waals surface area contributed by atoms with Gasteiger partial charge in [0.05, 0.1) is 0 Å². The van der Waals surface area contributed by atoms with Gasteiger partial charge in [-0.15, -0.1) is 0 Å². The molecule has 4 heteroatoms. The number of allylic oxidation sites excluding steroid dienone is 4. The predicted molar refractivity (Wildman–Crippen MR) is 118 cm³/mol. The fraction of sp³-hybridized carbons (Fsp3) is 0.214. The van der Waals surface area contributed by atoms with Crippen LogP contribution in [0.2, 0.25) is 0 Å². The molecule has 1 aliphatic carbocycles. The molecular formula is C28H27Cl3Ti. The second-order valence-electron chi connectivity index (χ2n) is 7.60. The number of rotatable bonds is 6. The van der Waals surface area contributed by atoms with Crippen molar-refractivity contribution < 1.29 is 58.9 Å². The number of benzene rings is 3. The molecule has 0 heterocycles. The Labute approximate surface area is 226 Å². The number of halogens is 3. The van der Waals surface area contributed by atoms with Crippen molar-refractivity contribution in [1.82, 2.24) is 0 Å². The van der Waals surface area contributed by atoms with Crippen molar-refractivity contribution in [1.29, 1.82) is 0 Å². The Balaban J connectivity index is 0.00000240. The third-order valence-corrected chi connectivity index (χ3v) is 6.07. The number of hydrogen-bond acceptors (Lipinski definition) is 0. The molecule has 0 nitrogen and oxygen atoms in total. The largest absolute Gasteiger partial charge is 4.00 e. The molecule has 4 rings (SSSR count). The van der Waals surface area contributed by atoms with Crippen LogP contribution in [0, 0.1) is 12.0 Å². The summed E-state index contributed by atoms with van der Waals surface area (Å²) < 4.78 is 0. The van der Waals surface area contributed by atoms with E-state index in [0.717, 1.165) is 12.8 Å². The smallest absolute Gasteiger partial charge is 1.00 e. The van der Waals surface area contributed by atoms with Crippen LogP contribution < -0.4 is 37.2 Å². The van der Waals surface area contributed by atoms with E-state index in [-0.39, 0.29) is 64.4 Å². The van der Waals surface area contributed by atoms with Gasteiger partial charge in [0.25, 0.3) is 0 Å². The first-order valence-electron chi connectivity index (χ1n) is 10.3. The van der Waals surface area contributed by atoms with Crippen molar-refractivity contribution in [2.45, 2.75) is 32.1 Å². The van der Waals surface area contributed by atoms with E-state index in [1.54, 1.807) is 0 Å². The quantitative estimate of drug-likeness (QED) is 0.204. The summed E-state index contributed by atoms with van der Waals surface area (Å²) in [5, 5.41) is 0. The number of hydrogen-bond donors (Lipinski definition) is 0. The van der Waals surface area contributed by atoms with E-state index in [0.29, 0.717) is 5.92 Å². The maximum absolute atomic E-state index is 3.63. The van der Waals surface area contributed by atoms with Gasteiger partial charge in [0.1, 0.15) is 0 Å². The molecule has 32 heavy (non-hydrogen) atoms. The van der Waals surface area contributed by atoms with Gasteiger partial charge in [-0.1, -0.05) is 124 Å². The average molecular weight is 518 g/mol. The zero-order chi connectivity index (χ0) is 19.4. The molecule has 0 aliphatic heterocycles. The van der Waals surface area contributed by atoms with E-state index in [4.69, 9.17) is 0 Å². The van der Waals surface area contributed by atoms with E-state index < -0.39 is 0 Å². The third-order valence-electron chi connectivity index (χ3n) is 6.07. The summed E-state index contributed by atoms with van der Waals surface area (Å²) in [7, 11) is 0. The molecule has 0 saturated carbocycles. The van der Waals surface area contributed by atoms with Gasteiger partial charge in [0, 0.05) is 5.41 Å². The molecule has 1 aliphatic rings. The van der Waals surface area contributed by atoms with Crippen molar-refractivity contribution in [3.05, 3.63) is 131 Å². The summed E-state index contributed by atoms with van der Waals surface area (Å²) in [6, 6.07) is 32.9. The topological polar surface area (TPSA) is 0 Å². The van der Waals surface area contributed by atoms with Gasteiger partial charge in [-0.05, 0) is 16.7 Å². The molecule has 1 atom stereocenters. The first kappa shape index (κ1) is 30.7. The van der Waals surface area contributed by atoms with Crippen molar-refractivity contribution in [3.63, 3.8) is 0 Å². The molecule has 0 fully saturated rings. The van der Waals surface area contributed by atoms with Crippen LogP contribution in [-0.2, 0) is 27.1 Å². The molecule has 1 unspecified atom stereocenters. The standard InChI is InChI=1S/C28H27.3ClH.Ti/c1-3-22(2)26-20-13-21-27(26)28(23-14-7-4-8-15-23,24-16-9-5-10-17-24)25-18-11-6-12-19-25;;;;/h4-19,22H,3,21H2,1-2H3;3*1H;/q-1;;;;+4/p-3. The average Bonchev–Trinajstić information content (AvgIpc) is 3.26. The molecule has 164 valence electrons. The van der Waals surface area contributed by atoms with Crippen LogP contribution >= 0.6 is 0 Å². The van der Waals surface area contributed by atoms with E-state index in [1.807, 2.05) is 0 Å². The Morgan fingerprint density at radius 1 is 0.719 bits per heavy atom. The Morgan fingerprint density at radius 3 is 1.44 bits per heavy atom. The molecule has 0 spiro atoms. The van der Waals surface area contributed by atoms with Crippen LogP contribution in [0.15, 0.2) is 108 Å². The summed E-state index contributed by atoms with van der Waals surface area (Å²) in [5.74, 6) is 0.490. The first-order valence-corrected chi connectivity index (χ1v) is 10.3. The van der Waals surface area contributed by atoms with Crippen LogP contribution in [0.1, 0.15) is 43.4 Å². The van der Waals surface area contributed by atoms with Crippen molar-refractivity contribution in [3.8, 4) is 0 Å². The molecule has 3 aromatic carbocycles. The van der Waals surface area contributed by atoms with Crippen molar-refractivity contribution in [2.75, 3.05) is 0 Å². The van der Waals surface area contributed by atoms with Gasteiger partial charge < -0.3 is 37.2 Å². The van der Waals surface area contributed by atoms with Gasteiger partial charge in [-0.3, -0.25) is 6.08 Å². The van der Waals surface area contributed by atoms with E-state index >= 15 is 0 Å². The Morgan fingerprint density at radius 2 is 1.09 bits per heavy atom. The normalized spacial score (nSPS) is 13.2. The molecule has 0 amide bonds. The summed E-state index contributed by atoms with van der Waals surface area (Å²) in [6.45, 7) is 4.59. The second-order valence-corrected chi connectivity index (χ2v) is 7.60. The summed E-state index contributed by atoms with van der Waals surface area (Å²) in [5.41, 5.74) is 6.49. The van der Waals surface area contributed by atoms with Crippen LogP contribution in [-0.4, -0.2) is 0 Å². The van der Waals surface area contributed by atoms with Gasteiger partial charge in [-0.2, -0.15) is 11.6 Å². The minimum atomic E-state index is -0.303. The summed E-state index contributed by atoms with van der Waals surface area (Å²) in [4.78, 5) is 0. The van der Waals surface area contributed by atoms with Crippen LogP contribution in [0.4, 0.5) is 0 Å². The first-order chi connectivity index (χ1) is 13.8. The van der Waals surface area contributed by atoms with Gasteiger partial charge in [0.2, 0.25) is 0 Å². The van der Waals surface area contributed by atoms with Gasteiger partial charge in [0.15, 0.2) is 0 Å². The van der Waals surface area contributed by atoms with Crippen LogP contribution in [0.3, 0.4) is 0 Å². The minimum absolute atomic E-state index is 0. The SMILES string of the molecule is CCC(C)C1=C(C(c2ccccc2)(c2ccccc2)c2ccccc2)CC=[C-]1.[Cl-].[Cl-].[Cl-].[Ti+4]. The van der Waals surface area contributed by atoms with E-state index in [1.165, 1.54) is 27.8 Å². The summed E-state index contributed by atoms with van der Waals surface area (Å²) >= 11 is 0. The molecule has 0 saturated heterocycles. The maximum atomic E-state index is 3.63.